The number of halogens is 3. The van der Waals surface area contributed by atoms with Crippen LogP contribution in [0.2, 0.25) is 0 Å². The van der Waals surface area contributed by atoms with Crippen LogP contribution in [0.25, 0.3) is 0 Å². The zero-order chi connectivity index (χ0) is 25.9. The minimum absolute atomic E-state index is 0.187. The molecule has 188 valence electrons. The van der Waals surface area contributed by atoms with Gasteiger partial charge in [0.2, 0.25) is 0 Å². The summed E-state index contributed by atoms with van der Waals surface area (Å²) in [7, 11) is 0. The van der Waals surface area contributed by atoms with Gasteiger partial charge in [-0.3, -0.25) is 4.99 Å². The normalized spacial score (nSPS) is 15.0. The fourth-order valence-corrected chi connectivity index (χ4v) is 4.69. The van der Waals surface area contributed by atoms with Crippen molar-refractivity contribution >= 4 is 11.4 Å². The highest BCUT2D eigenvalue weighted by Crippen LogP contribution is 2.38. The molecule has 3 aromatic rings. The molecule has 0 fully saturated rings. The van der Waals surface area contributed by atoms with E-state index in [1.54, 1.807) is 0 Å². The zero-order valence-corrected chi connectivity index (χ0v) is 21.2. The first-order valence-electron chi connectivity index (χ1n) is 12.5. The van der Waals surface area contributed by atoms with Gasteiger partial charge in [0, 0.05) is 11.4 Å². The molecule has 1 aliphatic rings. The van der Waals surface area contributed by atoms with E-state index in [1.165, 1.54) is 23.3 Å². The summed E-state index contributed by atoms with van der Waals surface area (Å²) < 4.78 is 39.2. The Morgan fingerprint density at radius 2 is 1.39 bits per heavy atom. The predicted octanol–water partition coefficient (Wildman–Crippen LogP) is 9.27. The standard InChI is InChI=1S/C31H33F3N2/c1-20(2)25-12-8-13-26(21(3)4)30(25)36-29(23-10-6-5-7-11-23)28-15-9-14-27(35-28)22-16-18-24(19-17-22)31(32,33)34/h5-8,10-13,15-21,29,36H,9,14H2,1-4H3. The molecule has 1 heterocycles. The Kier molecular flexibility index (Phi) is 7.67. The summed E-state index contributed by atoms with van der Waals surface area (Å²) in [4.78, 5) is 5.00. The van der Waals surface area contributed by atoms with Crippen molar-refractivity contribution in [3.8, 4) is 0 Å². The van der Waals surface area contributed by atoms with E-state index in [-0.39, 0.29) is 6.04 Å². The van der Waals surface area contributed by atoms with Crippen LogP contribution in [0, 0.1) is 0 Å². The summed E-state index contributed by atoms with van der Waals surface area (Å²) in [6.45, 7) is 8.79. The van der Waals surface area contributed by atoms with Crippen LogP contribution < -0.4 is 5.32 Å². The first-order chi connectivity index (χ1) is 17.1. The Labute approximate surface area is 212 Å². The molecule has 0 spiro atoms. The number of nitrogens with zero attached hydrogens (tertiary/aromatic N) is 1. The van der Waals surface area contributed by atoms with Crippen LogP contribution >= 0.6 is 0 Å². The smallest absolute Gasteiger partial charge is 0.372 e. The van der Waals surface area contributed by atoms with Crippen LogP contribution in [0.3, 0.4) is 0 Å². The quantitative estimate of drug-likeness (QED) is 0.351. The van der Waals surface area contributed by atoms with Gasteiger partial charge in [-0.15, -0.1) is 0 Å². The molecule has 1 N–H and O–H groups in total. The number of hydrogen-bond donors (Lipinski definition) is 1. The van der Waals surface area contributed by atoms with Crippen molar-refractivity contribution in [2.24, 2.45) is 4.99 Å². The lowest BCUT2D eigenvalue weighted by atomic mass is 9.91. The minimum atomic E-state index is -4.35. The third kappa shape index (κ3) is 5.72. The van der Waals surface area contributed by atoms with E-state index in [2.05, 4.69) is 69.4 Å². The Morgan fingerprint density at radius 1 is 0.778 bits per heavy atom. The molecule has 0 saturated heterocycles. The molecule has 4 rings (SSSR count). The average Bonchev–Trinajstić information content (AvgIpc) is 2.87. The highest BCUT2D eigenvalue weighted by Gasteiger charge is 2.30. The SMILES string of the molecule is CC(C)c1cccc(C(C)C)c1NC(C1=CCCC(c2ccc(C(F)(F)F)cc2)=N1)c1ccccc1. The van der Waals surface area contributed by atoms with Crippen LogP contribution in [0.1, 0.15) is 86.2 Å². The van der Waals surface area contributed by atoms with Crippen molar-refractivity contribution in [2.75, 3.05) is 5.32 Å². The van der Waals surface area contributed by atoms with Crippen molar-refractivity contribution in [2.45, 2.75) is 64.6 Å². The lowest BCUT2D eigenvalue weighted by Crippen LogP contribution is -2.19. The van der Waals surface area contributed by atoms with Crippen LogP contribution in [0.4, 0.5) is 18.9 Å². The van der Waals surface area contributed by atoms with Gasteiger partial charge in [-0.1, -0.05) is 94.4 Å². The maximum absolute atomic E-state index is 13.1. The van der Waals surface area contributed by atoms with Crippen molar-refractivity contribution in [3.63, 3.8) is 0 Å². The minimum Gasteiger partial charge on any atom is -0.372 e. The number of hydrogen-bond acceptors (Lipinski definition) is 2. The zero-order valence-electron chi connectivity index (χ0n) is 21.2. The maximum atomic E-state index is 13.1. The van der Waals surface area contributed by atoms with Crippen molar-refractivity contribution in [1.29, 1.82) is 0 Å². The van der Waals surface area contributed by atoms with Gasteiger partial charge in [0.05, 0.1) is 17.3 Å². The summed E-state index contributed by atoms with van der Waals surface area (Å²) in [5.41, 5.74) is 6.51. The molecule has 0 amide bonds. The lowest BCUT2D eigenvalue weighted by Gasteiger charge is -2.28. The second kappa shape index (κ2) is 10.7. The summed E-state index contributed by atoms with van der Waals surface area (Å²) in [5.74, 6) is 0.684. The number of benzene rings is 3. The number of aliphatic imine (C=N–C) groups is 1. The first kappa shape index (κ1) is 25.7. The van der Waals surface area contributed by atoms with Crippen molar-refractivity contribution in [3.05, 3.63) is 112 Å². The van der Waals surface area contributed by atoms with Gasteiger partial charge in [-0.05, 0) is 59.1 Å². The molecule has 0 bridgehead atoms. The number of alkyl halides is 3. The molecule has 0 radical (unpaired) electrons. The van der Waals surface area contributed by atoms with Gasteiger partial charge < -0.3 is 5.32 Å². The van der Waals surface area contributed by atoms with Crippen molar-refractivity contribution in [1.82, 2.24) is 0 Å². The molecule has 1 unspecified atom stereocenters. The van der Waals surface area contributed by atoms with Gasteiger partial charge in [-0.2, -0.15) is 13.2 Å². The molecule has 5 heteroatoms. The molecule has 0 aliphatic carbocycles. The Morgan fingerprint density at radius 3 is 1.94 bits per heavy atom. The van der Waals surface area contributed by atoms with Gasteiger partial charge in [0.1, 0.15) is 0 Å². The third-order valence-electron chi connectivity index (χ3n) is 6.63. The molecule has 0 aromatic heterocycles. The molecular weight excluding hydrogens is 457 g/mol. The molecule has 1 atom stereocenters. The lowest BCUT2D eigenvalue weighted by molar-refractivity contribution is -0.137. The highest BCUT2D eigenvalue weighted by molar-refractivity contribution is 6.01. The van der Waals surface area contributed by atoms with E-state index in [9.17, 15) is 13.2 Å². The van der Waals surface area contributed by atoms with Gasteiger partial charge in [0.15, 0.2) is 0 Å². The predicted molar refractivity (Wildman–Crippen MR) is 143 cm³/mol. The van der Waals surface area contributed by atoms with Gasteiger partial charge in [-0.25, -0.2) is 0 Å². The fourth-order valence-electron chi connectivity index (χ4n) is 4.69. The second-order valence-corrected chi connectivity index (χ2v) is 9.91. The number of anilines is 1. The van der Waals surface area contributed by atoms with E-state index in [4.69, 9.17) is 4.99 Å². The van der Waals surface area contributed by atoms with Crippen LogP contribution in [-0.4, -0.2) is 5.71 Å². The van der Waals surface area contributed by atoms with Gasteiger partial charge >= 0.3 is 6.18 Å². The number of nitrogens with one attached hydrogen (secondary N) is 1. The molecule has 1 aliphatic heterocycles. The fraction of sp³-hybridized carbons (Fsp3) is 0.323. The highest BCUT2D eigenvalue weighted by atomic mass is 19.4. The van der Waals surface area contributed by atoms with Crippen LogP contribution in [0.15, 0.2) is 89.6 Å². The second-order valence-electron chi connectivity index (χ2n) is 9.91. The Balaban J connectivity index is 1.75. The third-order valence-corrected chi connectivity index (χ3v) is 6.63. The molecule has 36 heavy (non-hydrogen) atoms. The van der Waals surface area contributed by atoms with Crippen LogP contribution in [-0.2, 0) is 6.18 Å². The average molecular weight is 491 g/mol. The monoisotopic (exact) mass is 490 g/mol. The number of para-hydroxylation sites is 1. The molecule has 3 aromatic carbocycles. The van der Waals surface area contributed by atoms with E-state index < -0.39 is 11.7 Å². The van der Waals surface area contributed by atoms with Gasteiger partial charge in [0.25, 0.3) is 0 Å². The summed E-state index contributed by atoms with van der Waals surface area (Å²) in [6.07, 6.45) is -0.733. The van der Waals surface area contributed by atoms with E-state index in [0.717, 1.165) is 46.8 Å². The molecule has 0 saturated carbocycles. The first-order valence-corrected chi connectivity index (χ1v) is 12.5. The molecular formula is C31H33F3N2. The summed E-state index contributed by atoms with van der Waals surface area (Å²) in [6, 6.07) is 21.8. The molecule has 2 nitrogen and oxygen atoms in total. The largest absolute Gasteiger partial charge is 0.416 e. The van der Waals surface area contributed by atoms with E-state index in [1.807, 2.05) is 18.2 Å². The maximum Gasteiger partial charge on any atom is 0.416 e. The number of allylic oxidation sites excluding steroid dienone is 1. The van der Waals surface area contributed by atoms with Crippen molar-refractivity contribution < 1.29 is 13.2 Å². The Bertz CT molecular complexity index is 1210. The van der Waals surface area contributed by atoms with Crippen LogP contribution in [0.5, 0.6) is 0 Å². The number of rotatable bonds is 7. The summed E-state index contributed by atoms with van der Waals surface area (Å²) in [5, 5.41) is 3.84. The van der Waals surface area contributed by atoms with E-state index in [0.29, 0.717) is 18.3 Å². The Hall–Kier alpha value is -3.34. The summed E-state index contributed by atoms with van der Waals surface area (Å²) >= 11 is 0. The topological polar surface area (TPSA) is 24.4 Å². The van der Waals surface area contributed by atoms with E-state index >= 15 is 0 Å².